The van der Waals surface area contributed by atoms with Gasteiger partial charge in [-0.15, -0.1) is 0 Å². The summed E-state index contributed by atoms with van der Waals surface area (Å²) in [5.74, 6) is -0.0334. The number of hydrogen-bond donors (Lipinski definition) is 3. The molecular formula is C24H27N3O2. The lowest BCUT2D eigenvalue weighted by Crippen LogP contribution is -2.26. The second-order valence-electron chi connectivity index (χ2n) is 7.62. The Labute approximate surface area is 170 Å². The summed E-state index contributed by atoms with van der Waals surface area (Å²) in [7, 11) is 0. The van der Waals surface area contributed by atoms with Crippen LogP contribution in [0.25, 0.3) is 10.9 Å². The van der Waals surface area contributed by atoms with Crippen LogP contribution in [0.3, 0.4) is 0 Å². The van der Waals surface area contributed by atoms with E-state index in [1.54, 1.807) is 0 Å². The number of ketones is 1. The standard InChI is InChI=1S/C24H27N3O2/c28-23(19-6-5-17-9-12-25-13-10-18(17)15-19)7-8-24(29)26-14-11-20-16-27-22-4-2-1-3-21(20)22/h1-6,15-16,25,27H,7-14H2,(H,26,29). The average molecular weight is 389 g/mol. The molecule has 1 aliphatic heterocycles. The molecule has 5 heteroatoms. The van der Waals surface area contributed by atoms with Crippen molar-refractivity contribution in [3.63, 3.8) is 0 Å². The summed E-state index contributed by atoms with van der Waals surface area (Å²) in [4.78, 5) is 27.9. The molecule has 2 heterocycles. The van der Waals surface area contributed by atoms with Gasteiger partial charge in [0.2, 0.25) is 5.91 Å². The Morgan fingerprint density at radius 3 is 2.69 bits per heavy atom. The molecule has 1 amide bonds. The lowest BCUT2D eigenvalue weighted by atomic mass is 9.97. The van der Waals surface area contributed by atoms with Crippen molar-refractivity contribution in [3.05, 3.63) is 70.9 Å². The SMILES string of the molecule is O=C(CCC(=O)c1ccc2c(c1)CCNCC2)NCCc1c[nH]c2ccccc12. The molecule has 4 rings (SSSR count). The van der Waals surface area contributed by atoms with Gasteiger partial charge in [-0.25, -0.2) is 0 Å². The number of carbonyl (C=O) groups is 2. The summed E-state index contributed by atoms with van der Waals surface area (Å²) in [5.41, 5.74) is 5.59. The van der Waals surface area contributed by atoms with Crippen molar-refractivity contribution < 1.29 is 9.59 Å². The first-order valence-electron chi connectivity index (χ1n) is 10.4. The van der Waals surface area contributed by atoms with Crippen molar-refractivity contribution in [3.8, 4) is 0 Å². The van der Waals surface area contributed by atoms with Gasteiger partial charge in [0.25, 0.3) is 0 Å². The molecule has 3 N–H and O–H groups in total. The van der Waals surface area contributed by atoms with Crippen LogP contribution < -0.4 is 10.6 Å². The Morgan fingerprint density at radius 1 is 0.966 bits per heavy atom. The summed E-state index contributed by atoms with van der Waals surface area (Å²) in [6, 6.07) is 14.1. The Balaban J connectivity index is 1.25. The van der Waals surface area contributed by atoms with Gasteiger partial charge in [-0.1, -0.05) is 30.3 Å². The molecule has 0 saturated carbocycles. The van der Waals surface area contributed by atoms with Crippen LogP contribution in [-0.2, 0) is 24.1 Å². The number of H-pyrrole nitrogens is 1. The Kier molecular flexibility index (Phi) is 6.06. The number of amides is 1. The molecule has 3 aromatic rings. The van der Waals surface area contributed by atoms with Crippen LogP contribution in [0.1, 0.15) is 39.9 Å². The molecule has 0 atom stereocenters. The molecule has 29 heavy (non-hydrogen) atoms. The highest BCUT2D eigenvalue weighted by atomic mass is 16.2. The van der Waals surface area contributed by atoms with E-state index in [1.807, 2.05) is 36.5 Å². The van der Waals surface area contributed by atoms with Crippen molar-refractivity contribution in [2.24, 2.45) is 0 Å². The lowest BCUT2D eigenvalue weighted by Gasteiger charge is -2.08. The van der Waals surface area contributed by atoms with Crippen molar-refractivity contribution in [1.29, 1.82) is 0 Å². The first kappa shape index (κ1) is 19.4. The molecule has 1 aromatic heterocycles. The van der Waals surface area contributed by atoms with Crippen LogP contribution >= 0.6 is 0 Å². The fourth-order valence-electron chi connectivity index (χ4n) is 3.98. The maximum Gasteiger partial charge on any atom is 0.220 e. The third kappa shape index (κ3) is 4.74. The van der Waals surface area contributed by atoms with Gasteiger partial charge in [-0.2, -0.15) is 0 Å². The highest BCUT2D eigenvalue weighted by molar-refractivity contribution is 5.98. The average Bonchev–Trinajstić information content (AvgIpc) is 3.00. The summed E-state index contributed by atoms with van der Waals surface area (Å²) >= 11 is 0. The van der Waals surface area contributed by atoms with E-state index < -0.39 is 0 Å². The molecule has 5 nitrogen and oxygen atoms in total. The van der Waals surface area contributed by atoms with Crippen molar-refractivity contribution in [2.75, 3.05) is 19.6 Å². The second kappa shape index (κ2) is 9.05. The zero-order chi connectivity index (χ0) is 20.1. The molecule has 0 bridgehead atoms. The van der Waals surface area contributed by atoms with Gasteiger partial charge < -0.3 is 15.6 Å². The van der Waals surface area contributed by atoms with Crippen molar-refractivity contribution in [2.45, 2.75) is 32.1 Å². The maximum atomic E-state index is 12.5. The molecular weight excluding hydrogens is 362 g/mol. The first-order valence-corrected chi connectivity index (χ1v) is 10.4. The maximum absolute atomic E-state index is 12.5. The zero-order valence-electron chi connectivity index (χ0n) is 16.6. The van der Waals surface area contributed by atoms with E-state index in [0.717, 1.165) is 43.4 Å². The van der Waals surface area contributed by atoms with Crippen LogP contribution in [0.5, 0.6) is 0 Å². The van der Waals surface area contributed by atoms with E-state index >= 15 is 0 Å². The number of benzene rings is 2. The van der Waals surface area contributed by atoms with Crippen LogP contribution in [-0.4, -0.2) is 36.3 Å². The molecule has 0 unspecified atom stereocenters. The number of fused-ring (bicyclic) bond motifs is 2. The predicted molar refractivity (Wildman–Crippen MR) is 115 cm³/mol. The van der Waals surface area contributed by atoms with Crippen LogP contribution in [0, 0.1) is 0 Å². The molecule has 0 spiro atoms. The van der Waals surface area contributed by atoms with Crippen LogP contribution in [0.4, 0.5) is 0 Å². The van der Waals surface area contributed by atoms with Crippen molar-refractivity contribution in [1.82, 2.24) is 15.6 Å². The van der Waals surface area contributed by atoms with Gasteiger partial charge in [0.05, 0.1) is 0 Å². The number of nitrogens with one attached hydrogen (secondary N) is 3. The number of aromatic amines is 1. The molecule has 0 fully saturated rings. The summed E-state index contributed by atoms with van der Waals surface area (Å²) in [5, 5.41) is 7.51. The summed E-state index contributed by atoms with van der Waals surface area (Å²) in [6.45, 7) is 2.50. The van der Waals surface area contributed by atoms with Gasteiger partial charge in [-0.05, 0) is 61.2 Å². The van der Waals surface area contributed by atoms with E-state index in [9.17, 15) is 9.59 Å². The number of aromatic nitrogens is 1. The number of Topliss-reactive ketones (excluding diaryl/α,β-unsaturated/α-hetero) is 1. The third-order valence-corrected chi connectivity index (χ3v) is 5.64. The number of hydrogen-bond acceptors (Lipinski definition) is 3. The quantitative estimate of drug-likeness (QED) is 0.544. The third-order valence-electron chi connectivity index (χ3n) is 5.64. The zero-order valence-corrected chi connectivity index (χ0v) is 16.6. The van der Waals surface area contributed by atoms with Gasteiger partial charge >= 0.3 is 0 Å². The van der Waals surface area contributed by atoms with E-state index in [1.165, 1.54) is 22.1 Å². The molecule has 0 aliphatic carbocycles. The minimum Gasteiger partial charge on any atom is -0.361 e. The highest BCUT2D eigenvalue weighted by Gasteiger charge is 2.13. The van der Waals surface area contributed by atoms with Gasteiger partial charge in [0, 0.05) is 42.0 Å². The largest absolute Gasteiger partial charge is 0.361 e. The van der Waals surface area contributed by atoms with Gasteiger partial charge in [0.15, 0.2) is 5.78 Å². The molecule has 0 radical (unpaired) electrons. The lowest BCUT2D eigenvalue weighted by molar-refractivity contribution is -0.121. The number of para-hydroxylation sites is 1. The Bertz CT molecular complexity index is 1020. The topological polar surface area (TPSA) is 74.0 Å². The molecule has 150 valence electrons. The molecule has 1 aliphatic rings. The van der Waals surface area contributed by atoms with E-state index in [2.05, 4.69) is 27.8 Å². The monoisotopic (exact) mass is 389 g/mol. The fraction of sp³-hybridized carbons (Fsp3) is 0.333. The summed E-state index contributed by atoms with van der Waals surface area (Å²) in [6.07, 6.45) is 5.19. The number of carbonyl (C=O) groups excluding carboxylic acids is 2. The smallest absolute Gasteiger partial charge is 0.220 e. The minimum atomic E-state index is -0.0721. The highest BCUT2D eigenvalue weighted by Crippen LogP contribution is 2.18. The minimum absolute atomic E-state index is 0.0387. The van der Waals surface area contributed by atoms with Crippen LogP contribution in [0.2, 0.25) is 0 Å². The van der Waals surface area contributed by atoms with E-state index in [4.69, 9.17) is 0 Å². The fourth-order valence-corrected chi connectivity index (χ4v) is 3.98. The van der Waals surface area contributed by atoms with Gasteiger partial charge in [0.1, 0.15) is 0 Å². The van der Waals surface area contributed by atoms with E-state index in [-0.39, 0.29) is 24.5 Å². The Morgan fingerprint density at radius 2 is 1.79 bits per heavy atom. The molecule has 2 aromatic carbocycles. The van der Waals surface area contributed by atoms with Crippen molar-refractivity contribution >= 4 is 22.6 Å². The second-order valence-corrected chi connectivity index (χ2v) is 7.62. The number of rotatable bonds is 7. The first-order chi connectivity index (χ1) is 14.2. The predicted octanol–water partition coefficient (Wildman–Crippen LogP) is 3.18. The van der Waals surface area contributed by atoms with E-state index in [0.29, 0.717) is 6.54 Å². The molecule has 0 saturated heterocycles. The van der Waals surface area contributed by atoms with Crippen LogP contribution in [0.15, 0.2) is 48.7 Å². The normalized spacial score (nSPS) is 13.7. The summed E-state index contributed by atoms with van der Waals surface area (Å²) < 4.78 is 0. The van der Waals surface area contributed by atoms with Gasteiger partial charge in [-0.3, -0.25) is 9.59 Å². The Hall–Kier alpha value is -2.92.